The number of rotatable bonds is 6. The van der Waals surface area contributed by atoms with E-state index < -0.39 is 10.9 Å². The molecular weight excluding hydrogens is 280 g/mol. The lowest BCUT2D eigenvalue weighted by Crippen LogP contribution is -2.32. The first-order chi connectivity index (χ1) is 9.95. The van der Waals surface area contributed by atoms with Crippen LogP contribution in [0.25, 0.3) is 0 Å². The van der Waals surface area contributed by atoms with Gasteiger partial charge in [0.2, 0.25) is 5.91 Å². The fourth-order valence-electron chi connectivity index (χ4n) is 2.39. The minimum atomic E-state index is -0.830. The lowest BCUT2D eigenvalue weighted by atomic mass is 10.0. The van der Waals surface area contributed by atoms with Crippen molar-refractivity contribution in [2.24, 2.45) is 5.92 Å². The van der Waals surface area contributed by atoms with E-state index in [1.807, 2.05) is 0 Å². The van der Waals surface area contributed by atoms with Gasteiger partial charge >= 0.3 is 11.7 Å². The van der Waals surface area contributed by atoms with Crippen LogP contribution < -0.4 is 0 Å². The third kappa shape index (κ3) is 4.01. The number of aromatic nitrogens is 2. The van der Waals surface area contributed by atoms with Crippen LogP contribution in [0.4, 0.5) is 5.69 Å². The smallest absolute Gasteiger partial charge is 0.307 e. The van der Waals surface area contributed by atoms with E-state index in [4.69, 9.17) is 5.11 Å². The van der Waals surface area contributed by atoms with Gasteiger partial charge in [-0.2, -0.15) is 5.10 Å². The summed E-state index contributed by atoms with van der Waals surface area (Å²) in [6.07, 6.45) is 3.78. The van der Waals surface area contributed by atoms with E-state index in [9.17, 15) is 19.7 Å². The van der Waals surface area contributed by atoms with Crippen LogP contribution in [0.5, 0.6) is 0 Å². The summed E-state index contributed by atoms with van der Waals surface area (Å²) in [6.45, 7) is 1.08. The molecule has 2 heterocycles. The number of amides is 1. The quantitative estimate of drug-likeness (QED) is 0.603. The summed E-state index contributed by atoms with van der Waals surface area (Å²) in [5.41, 5.74) is -0.149. The molecule has 0 saturated carbocycles. The fourth-order valence-corrected chi connectivity index (χ4v) is 2.39. The molecule has 1 aliphatic rings. The second-order valence-corrected chi connectivity index (χ2v) is 5.08. The highest BCUT2D eigenvalue weighted by Gasteiger charge is 2.26. The Morgan fingerprint density at radius 3 is 2.90 bits per heavy atom. The normalized spacial score (nSPS) is 17.9. The Morgan fingerprint density at radius 1 is 1.52 bits per heavy atom. The lowest BCUT2D eigenvalue weighted by molar-refractivity contribution is -0.385. The number of carbonyl (C=O) groups excluding carboxylic acids is 1. The van der Waals surface area contributed by atoms with Crippen LogP contribution in [0.15, 0.2) is 12.4 Å². The predicted molar refractivity (Wildman–Crippen MR) is 70.4 cm³/mol. The van der Waals surface area contributed by atoms with Crippen molar-refractivity contribution in [2.45, 2.75) is 25.8 Å². The Balaban J connectivity index is 1.83. The topological polar surface area (TPSA) is 119 Å². The second-order valence-electron chi connectivity index (χ2n) is 5.08. The third-order valence-electron chi connectivity index (χ3n) is 3.53. The number of carbonyl (C=O) groups is 2. The molecule has 0 aromatic carbocycles. The highest BCUT2D eigenvalue weighted by Crippen LogP contribution is 2.21. The van der Waals surface area contributed by atoms with Crippen molar-refractivity contribution in [3.63, 3.8) is 0 Å². The van der Waals surface area contributed by atoms with Gasteiger partial charge in [-0.05, 0) is 18.8 Å². The van der Waals surface area contributed by atoms with Crippen molar-refractivity contribution in [2.75, 3.05) is 13.1 Å². The molecule has 1 unspecified atom stereocenters. The van der Waals surface area contributed by atoms with Gasteiger partial charge in [0.15, 0.2) is 0 Å². The highest BCUT2D eigenvalue weighted by molar-refractivity contribution is 5.76. The van der Waals surface area contributed by atoms with Gasteiger partial charge in [-0.3, -0.25) is 24.4 Å². The first-order valence-corrected chi connectivity index (χ1v) is 6.62. The van der Waals surface area contributed by atoms with Gasteiger partial charge in [0.05, 0.1) is 4.92 Å². The van der Waals surface area contributed by atoms with E-state index in [1.165, 1.54) is 10.9 Å². The van der Waals surface area contributed by atoms with Crippen LogP contribution in [0.3, 0.4) is 0 Å². The lowest BCUT2D eigenvalue weighted by Gasteiger charge is -2.16. The Hall–Kier alpha value is -2.45. The number of nitrogens with zero attached hydrogens (tertiary/aromatic N) is 4. The maximum atomic E-state index is 12.1. The summed E-state index contributed by atoms with van der Waals surface area (Å²) < 4.78 is 1.24. The summed E-state index contributed by atoms with van der Waals surface area (Å²) in [5.74, 6) is -0.786. The number of carboxylic acid groups (broad SMARTS) is 1. The standard InChI is InChI=1S/C12H16N4O5/c17-11(8-15-7-10(5-13-15)16(20)21)14-4-3-9(6-14)1-2-12(18)19/h5,7,9H,1-4,6,8H2,(H,18,19). The van der Waals surface area contributed by atoms with Crippen molar-refractivity contribution in [3.8, 4) is 0 Å². The predicted octanol–water partition coefficient (Wildman–Crippen LogP) is 0.505. The molecule has 1 amide bonds. The molecule has 1 aromatic rings. The molecule has 1 aliphatic heterocycles. The first-order valence-electron chi connectivity index (χ1n) is 6.62. The minimum Gasteiger partial charge on any atom is -0.481 e. The zero-order valence-electron chi connectivity index (χ0n) is 11.3. The van der Waals surface area contributed by atoms with Gasteiger partial charge in [-0.25, -0.2) is 0 Å². The number of aliphatic carboxylic acids is 1. The Morgan fingerprint density at radius 2 is 2.29 bits per heavy atom. The van der Waals surface area contributed by atoms with E-state index >= 15 is 0 Å². The van der Waals surface area contributed by atoms with Gasteiger partial charge in [0.1, 0.15) is 18.9 Å². The summed E-state index contributed by atoms with van der Waals surface area (Å²) in [6, 6.07) is 0. The Kier molecular flexibility index (Phi) is 4.51. The van der Waals surface area contributed by atoms with Gasteiger partial charge in [-0.1, -0.05) is 0 Å². The second kappa shape index (κ2) is 6.33. The molecular formula is C12H16N4O5. The van der Waals surface area contributed by atoms with Crippen LogP contribution in [-0.4, -0.2) is 49.7 Å². The molecule has 0 radical (unpaired) electrons. The average Bonchev–Trinajstić information content (AvgIpc) is 3.04. The maximum Gasteiger partial charge on any atom is 0.307 e. The van der Waals surface area contributed by atoms with E-state index in [0.717, 1.165) is 12.6 Å². The minimum absolute atomic E-state index is 0.0422. The maximum absolute atomic E-state index is 12.1. The van der Waals surface area contributed by atoms with E-state index in [1.54, 1.807) is 4.90 Å². The van der Waals surface area contributed by atoms with E-state index in [0.29, 0.717) is 19.5 Å². The van der Waals surface area contributed by atoms with Gasteiger partial charge in [0, 0.05) is 19.5 Å². The Bertz CT molecular complexity index is 556. The molecule has 1 saturated heterocycles. The molecule has 1 N–H and O–H groups in total. The molecule has 21 heavy (non-hydrogen) atoms. The number of hydrogen-bond donors (Lipinski definition) is 1. The third-order valence-corrected chi connectivity index (χ3v) is 3.53. The number of hydrogen-bond acceptors (Lipinski definition) is 5. The largest absolute Gasteiger partial charge is 0.481 e. The summed E-state index contributed by atoms with van der Waals surface area (Å²) in [4.78, 5) is 34.2. The number of nitro groups is 1. The summed E-state index contributed by atoms with van der Waals surface area (Å²) >= 11 is 0. The molecule has 9 nitrogen and oxygen atoms in total. The zero-order chi connectivity index (χ0) is 15.4. The fraction of sp³-hybridized carbons (Fsp3) is 0.583. The van der Waals surface area contributed by atoms with Crippen molar-refractivity contribution >= 4 is 17.6 Å². The number of likely N-dealkylation sites (tertiary alicyclic amines) is 1. The molecule has 0 spiro atoms. The van der Waals surface area contributed by atoms with Crippen LogP contribution in [0.1, 0.15) is 19.3 Å². The van der Waals surface area contributed by atoms with E-state index in [-0.39, 0.29) is 30.5 Å². The number of carboxylic acids is 1. The molecule has 0 bridgehead atoms. The van der Waals surface area contributed by atoms with Crippen LogP contribution in [-0.2, 0) is 16.1 Å². The monoisotopic (exact) mass is 296 g/mol. The molecule has 0 aliphatic carbocycles. The molecule has 1 fully saturated rings. The van der Waals surface area contributed by atoms with Crippen molar-refractivity contribution in [1.29, 1.82) is 0 Å². The van der Waals surface area contributed by atoms with Crippen molar-refractivity contribution < 1.29 is 19.6 Å². The molecule has 9 heteroatoms. The summed E-state index contributed by atoms with van der Waals surface area (Å²) in [5, 5.41) is 23.0. The average molecular weight is 296 g/mol. The van der Waals surface area contributed by atoms with Crippen LogP contribution >= 0.6 is 0 Å². The summed E-state index contributed by atoms with van der Waals surface area (Å²) in [7, 11) is 0. The van der Waals surface area contributed by atoms with Gasteiger partial charge in [-0.15, -0.1) is 0 Å². The van der Waals surface area contributed by atoms with Gasteiger partial charge in [0.25, 0.3) is 0 Å². The van der Waals surface area contributed by atoms with Crippen LogP contribution in [0.2, 0.25) is 0 Å². The Labute approximate surface area is 120 Å². The molecule has 114 valence electrons. The first kappa shape index (κ1) is 14.9. The highest BCUT2D eigenvalue weighted by atomic mass is 16.6. The molecule has 2 rings (SSSR count). The van der Waals surface area contributed by atoms with E-state index in [2.05, 4.69) is 5.10 Å². The molecule has 1 aromatic heterocycles. The zero-order valence-corrected chi connectivity index (χ0v) is 11.3. The van der Waals surface area contributed by atoms with Crippen molar-refractivity contribution in [3.05, 3.63) is 22.5 Å². The SMILES string of the molecule is O=C(O)CCC1CCN(C(=O)Cn2cc([N+](=O)[O-])cn2)C1. The van der Waals surface area contributed by atoms with Gasteiger partial charge < -0.3 is 10.0 Å². The van der Waals surface area contributed by atoms with Crippen LogP contribution in [0, 0.1) is 16.0 Å². The van der Waals surface area contributed by atoms with Crippen molar-refractivity contribution in [1.82, 2.24) is 14.7 Å². The molecule has 1 atom stereocenters.